The predicted octanol–water partition coefficient (Wildman–Crippen LogP) is 2.70. The van der Waals surface area contributed by atoms with E-state index in [9.17, 15) is 4.79 Å². The Morgan fingerprint density at radius 3 is 1.90 bits per heavy atom. The number of pyridine rings is 2. The van der Waals surface area contributed by atoms with Gasteiger partial charge < -0.3 is 0 Å². The average molecular weight is 283 g/mol. The van der Waals surface area contributed by atoms with Crippen LogP contribution in [0.15, 0.2) is 48.8 Å². The molecule has 0 aliphatic carbocycles. The van der Waals surface area contributed by atoms with E-state index in [1.165, 1.54) is 0 Å². The molecule has 4 heteroatoms. The van der Waals surface area contributed by atoms with Crippen LogP contribution in [0.1, 0.15) is 25.2 Å². The molecular formula is C17H21N3O. The van der Waals surface area contributed by atoms with Crippen LogP contribution in [0.3, 0.4) is 0 Å². The lowest BCUT2D eigenvalue weighted by molar-refractivity contribution is -0.123. The second-order valence-corrected chi connectivity index (χ2v) is 5.41. The lowest BCUT2D eigenvalue weighted by Gasteiger charge is -2.21. The number of carbonyl (C=O) groups is 1. The molecule has 0 aromatic carbocycles. The molecule has 2 aromatic heterocycles. The van der Waals surface area contributed by atoms with E-state index in [0.29, 0.717) is 19.6 Å². The summed E-state index contributed by atoms with van der Waals surface area (Å²) in [6.07, 6.45) is 3.55. The van der Waals surface area contributed by atoms with Crippen LogP contribution in [0.2, 0.25) is 0 Å². The number of nitrogens with zero attached hydrogens (tertiary/aromatic N) is 3. The zero-order chi connectivity index (χ0) is 15.1. The number of aromatic nitrogens is 2. The van der Waals surface area contributed by atoms with E-state index >= 15 is 0 Å². The maximum Gasteiger partial charge on any atom is 0.149 e. The van der Waals surface area contributed by atoms with Crippen molar-refractivity contribution >= 4 is 5.78 Å². The van der Waals surface area contributed by atoms with E-state index in [1.54, 1.807) is 12.4 Å². The summed E-state index contributed by atoms with van der Waals surface area (Å²) >= 11 is 0. The molecule has 2 aromatic rings. The first-order valence-corrected chi connectivity index (χ1v) is 7.20. The van der Waals surface area contributed by atoms with Gasteiger partial charge in [0, 0.05) is 31.4 Å². The molecule has 0 amide bonds. The van der Waals surface area contributed by atoms with Gasteiger partial charge in [0.05, 0.1) is 17.9 Å². The lowest BCUT2D eigenvalue weighted by Crippen LogP contribution is -2.31. The highest BCUT2D eigenvalue weighted by Crippen LogP contribution is 2.08. The average Bonchev–Trinajstić information content (AvgIpc) is 2.49. The van der Waals surface area contributed by atoms with Gasteiger partial charge in [-0.3, -0.25) is 19.7 Å². The van der Waals surface area contributed by atoms with Crippen molar-refractivity contribution in [2.75, 3.05) is 6.54 Å². The van der Waals surface area contributed by atoms with Crippen LogP contribution >= 0.6 is 0 Å². The fourth-order valence-corrected chi connectivity index (χ4v) is 2.01. The summed E-state index contributed by atoms with van der Waals surface area (Å²) in [5.74, 6) is 0.279. The summed E-state index contributed by atoms with van der Waals surface area (Å²) < 4.78 is 0. The van der Waals surface area contributed by atoms with Gasteiger partial charge in [-0.05, 0) is 24.3 Å². The van der Waals surface area contributed by atoms with Gasteiger partial charge in [-0.15, -0.1) is 0 Å². The molecule has 0 aliphatic heterocycles. The first-order valence-electron chi connectivity index (χ1n) is 7.20. The van der Waals surface area contributed by atoms with Gasteiger partial charge in [0.15, 0.2) is 0 Å². The third-order valence-corrected chi connectivity index (χ3v) is 3.25. The summed E-state index contributed by atoms with van der Waals surface area (Å²) in [6.45, 7) is 5.58. The van der Waals surface area contributed by atoms with E-state index in [1.807, 2.05) is 50.2 Å². The molecule has 4 nitrogen and oxygen atoms in total. The molecule has 110 valence electrons. The summed E-state index contributed by atoms with van der Waals surface area (Å²) in [7, 11) is 0. The van der Waals surface area contributed by atoms with Gasteiger partial charge in [-0.25, -0.2) is 0 Å². The SMILES string of the molecule is CC(C)C(=O)CN(Cc1ccccn1)Cc1ccccn1. The van der Waals surface area contributed by atoms with E-state index < -0.39 is 0 Å². The Bertz CT molecular complexity index is 513. The number of hydrogen-bond acceptors (Lipinski definition) is 4. The first-order chi connectivity index (χ1) is 10.1. The summed E-state index contributed by atoms with van der Waals surface area (Å²) in [6, 6.07) is 11.7. The van der Waals surface area contributed by atoms with Crippen molar-refractivity contribution in [3.63, 3.8) is 0 Å². The van der Waals surface area contributed by atoms with Gasteiger partial charge in [0.2, 0.25) is 0 Å². The zero-order valence-electron chi connectivity index (χ0n) is 12.6. The van der Waals surface area contributed by atoms with Crippen molar-refractivity contribution in [1.29, 1.82) is 0 Å². The Morgan fingerprint density at radius 2 is 1.52 bits per heavy atom. The minimum atomic E-state index is 0.0416. The highest BCUT2D eigenvalue weighted by molar-refractivity contribution is 5.82. The fourth-order valence-electron chi connectivity index (χ4n) is 2.01. The number of hydrogen-bond donors (Lipinski definition) is 0. The van der Waals surface area contributed by atoms with Crippen molar-refractivity contribution in [2.45, 2.75) is 26.9 Å². The van der Waals surface area contributed by atoms with Crippen LogP contribution in [0.4, 0.5) is 0 Å². The fraction of sp³-hybridized carbons (Fsp3) is 0.353. The molecule has 0 aliphatic rings. The van der Waals surface area contributed by atoms with Gasteiger partial charge in [0.1, 0.15) is 5.78 Å². The monoisotopic (exact) mass is 283 g/mol. The topological polar surface area (TPSA) is 46.1 Å². The maximum atomic E-state index is 12.1. The smallest absolute Gasteiger partial charge is 0.149 e. The Kier molecular flexibility index (Phi) is 5.58. The Balaban J connectivity index is 2.08. The summed E-state index contributed by atoms with van der Waals surface area (Å²) in [4.78, 5) is 22.8. The van der Waals surface area contributed by atoms with Gasteiger partial charge in [0.25, 0.3) is 0 Å². The second kappa shape index (κ2) is 7.64. The van der Waals surface area contributed by atoms with Crippen molar-refractivity contribution in [3.05, 3.63) is 60.2 Å². The molecule has 0 unspecified atom stereocenters. The second-order valence-electron chi connectivity index (χ2n) is 5.41. The number of ketones is 1. The highest BCUT2D eigenvalue weighted by atomic mass is 16.1. The van der Waals surface area contributed by atoms with Crippen molar-refractivity contribution in [2.24, 2.45) is 5.92 Å². The Labute approximate surface area is 125 Å². The number of Topliss-reactive ketones (excluding diaryl/α,β-unsaturated/α-hetero) is 1. The van der Waals surface area contributed by atoms with Crippen LogP contribution < -0.4 is 0 Å². The molecule has 2 heterocycles. The van der Waals surface area contributed by atoms with Crippen LogP contribution in [0.5, 0.6) is 0 Å². The quantitative estimate of drug-likeness (QED) is 0.784. The molecular weight excluding hydrogens is 262 g/mol. The minimum absolute atomic E-state index is 0.0416. The van der Waals surface area contributed by atoms with Crippen molar-refractivity contribution in [3.8, 4) is 0 Å². The summed E-state index contributed by atoms with van der Waals surface area (Å²) in [5, 5.41) is 0. The van der Waals surface area contributed by atoms with E-state index in [-0.39, 0.29) is 11.7 Å². The summed E-state index contributed by atoms with van der Waals surface area (Å²) in [5.41, 5.74) is 1.93. The normalized spacial score (nSPS) is 11.0. The van der Waals surface area contributed by atoms with E-state index in [0.717, 1.165) is 11.4 Å². The zero-order valence-corrected chi connectivity index (χ0v) is 12.6. The molecule has 2 rings (SSSR count). The van der Waals surface area contributed by atoms with Gasteiger partial charge in [-0.2, -0.15) is 0 Å². The third kappa shape index (κ3) is 5.08. The molecule has 0 spiro atoms. The van der Waals surface area contributed by atoms with Crippen LogP contribution in [0.25, 0.3) is 0 Å². The lowest BCUT2D eigenvalue weighted by atomic mass is 10.1. The van der Waals surface area contributed by atoms with Crippen molar-refractivity contribution < 1.29 is 4.79 Å². The molecule has 0 saturated heterocycles. The minimum Gasteiger partial charge on any atom is -0.298 e. The maximum absolute atomic E-state index is 12.1. The molecule has 0 atom stereocenters. The molecule has 21 heavy (non-hydrogen) atoms. The first kappa shape index (κ1) is 15.3. The van der Waals surface area contributed by atoms with Crippen LogP contribution in [-0.4, -0.2) is 27.2 Å². The molecule has 0 fully saturated rings. The van der Waals surface area contributed by atoms with Crippen molar-refractivity contribution in [1.82, 2.24) is 14.9 Å². The highest BCUT2D eigenvalue weighted by Gasteiger charge is 2.15. The Hall–Kier alpha value is -2.07. The molecule has 0 N–H and O–H groups in total. The molecule has 0 radical (unpaired) electrons. The standard InChI is InChI=1S/C17H21N3O/c1-14(2)17(21)13-20(11-15-7-3-5-9-18-15)12-16-8-4-6-10-19-16/h3-10,14H,11-13H2,1-2H3. The molecule has 0 bridgehead atoms. The van der Waals surface area contributed by atoms with Gasteiger partial charge in [-0.1, -0.05) is 26.0 Å². The van der Waals surface area contributed by atoms with E-state index in [4.69, 9.17) is 0 Å². The van der Waals surface area contributed by atoms with Crippen LogP contribution in [-0.2, 0) is 17.9 Å². The van der Waals surface area contributed by atoms with Gasteiger partial charge >= 0.3 is 0 Å². The molecule has 0 saturated carbocycles. The number of rotatable bonds is 7. The predicted molar refractivity (Wildman–Crippen MR) is 82.4 cm³/mol. The number of carbonyl (C=O) groups excluding carboxylic acids is 1. The van der Waals surface area contributed by atoms with Crippen LogP contribution in [0, 0.1) is 5.92 Å². The third-order valence-electron chi connectivity index (χ3n) is 3.25. The Morgan fingerprint density at radius 1 is 1.00 bits per heavy atom. The largest absolute Gasteiger partial charge is 0.298 e. The van der Waals surface area contributed by atoms with E-state index in [2.05, 4.69) is 14.9 Å².